The van der Waals surface area contributed by atoms with Crippen molar-refractivity contribution in [2.45, 2.75) is 38.8 Å². The van der Waals surface area contributed by atoms with Crippen molar-refractivity contribution in [3.05, 3.63) is 0 Å². The van der Waals surface area contributed by atoms with E-state index in [4.69, 9.17) is 9.47 Å². The molecule has 20 heavy (non-hydrogen) atoms. The van der Waals surface area contributed by atoms with Gasteiger partial charge in [-0.1, -0.05) is 0 Å². The van der Waals surface area contributed by atoms with Crippen LogP contribution in [0.15, 0.2) is 0 Å². The van der Waals surface area contributed by atoms with Crippen LogP contribution in [0.3, 0.4) is 0 Å². The first kappa shape index (κ1) is 16.7. The zero-order valence-corrected chi connectivity index (χ0v) is 12.6. The van der Waals surface area contributed by atoms with Gasteiger partial charge in [0, 0.05) is 19.6 Å². The quantitative estimate of drug-likeness (QED) is 0.791. The van der Waals surface area contributed by atoms with Gasteiger partial charge < -0.3 is 19.9 Å². The molecule has 1 fully saturated rings. The lowest BCUT2D eigenvalue weighted by molar-refractivity contribution is -0.145. The van der Waals surface area contributed by atoms with E-state index in [0.29, 0.717) is 26.3 Å². The molecule has 0 aromatic heterocycles. The molecule has 1 aliphatic heterocycles. The molecule has 1 aliphatic rings. The molecule has 0 aromatic carbocycles. The van der Waals surface area contributed by atoms with Gasteiger partial charge in [0.25, 0.3) is 0 Å². The fourth-order valence-electron chi connectivity index (χ4n) is 1.90. The molecule has 0 saturated carbocycles. The largest absolute Gasteiger partial charge is 0.479 e. The zero-order valence-electron chi connectivity index (χ0n) is 12.6. The third-order valence-electron chi connectivity index (χ3n) is 2.89. The molecular formula is C13H24N2O5. The molecule has 0 aliphatic carbocycles. The molecule has 0 bridgehead atoms. The summed E-state index contributed by atoms with van der Waals surface area (Å²) in [5.74, 6) is -1.09. The molecule has 1 atom stereocenters. The second-order valence-electron chi connectivity index (χ2n) is 6.15. The van der Waals surface area contributed by atoms with Crippen molar-refractivity contribution in [1.82, 2.24) is 10.2 Å². The van der Waals surface area contributed by atoms with Crippen LogP contribution < -0.4 is 5.32 Å². The summed E-state index contributed by atoms with van der Waals surface area (Å²) < 4.78 is 10.3. The second kappa shape index (κ2) is 6.41. The molecule has 0 aromatic rings. The molecule has 2 N–H and O–H groups in total. The minimum absolute atomic E-state index is 0.213. The van der Waals surface area contributed by atoms with Crippen molar-refractivity contribution in [3.8, 4) is 0 Å². The number of aliphatic carboxylic acids is 1. The lowest BCUT2D eigenvalue weighted by atomic mass is 10.0. The third-order valence-corrected chi connectivity index (χ3v) is 2.89. The minimum atomic E-state index is -1.39. The highest BCUT2D eigenvalue weighted by molar-refractivity contribution is 5.84. The summed E-state index contributed by atoms with van der Waals surface area (Å²) in [7, 11) is 0. The topological polar surface area (TPSA) is 88.1 Å². The number of ether oxygens (including phenoxy) is 2. The molecule has 1 amide bonds. The van der Waals surface area contributed by atoms with Crippen LogP contribution in [0.5, 0.6) is 0 Å². The molecule has 0 unspecified atom stereocenters. The number of carbonyl (C=O) groups is 2. The second-order valence-corrected chi connectivity index (χ2v) is 6.15. The molecule has 1 saturated heterocycles. The normalized spacial score (nSPS) is 20.0. The van der Waals surface area contributed by atoms with Gasteiger partial charge in [-0.05, 0) is 27.7 Å². The van der Waals surface area contributed by atoms with E-state index in [2.05, 4.69) is 5.32 Å². The standard InChI is InChI=1S/C13H24N2O5/c1-12(2,3)20-11(18)14-13(4,10(16)17)9-15-5-7-19-8-6-15/h5-9H2,1-4H3,(H,14,18)(H,16,17)/t13-/m1/s1. The van der Waals surface area contributed by atoms with Gasteiger partial charge in [0.15, 0.2) is 5.54 Å². The molecule has 7 nitrogen and oxygen atoms in total. The summed E-state index contributed by atoms with van der Waals surface area (Å²) in [5, 5.41) is 11.8. The Labute approximate surface area is 119 Å². The van der Waals surface area contributed by atoms with Gasteiger partial charge in [-0.3, -0.25) is 4.90 Å². The number of carboxylic acid groups (broad SMARTS) is 1. The monoisotopic (exact) mass is 288 g/mol. The van der Waals surface area contributed by atoms with Crippen LogP contribution in [0.1, 0.15) is 27.7 Å². The average molecular weight is 288 g/mol. The Bertz CT molecular complexity index is 360. The predicted octanol–water partition coefficient (Wildman–Crippen LogP) is 0.687. The molecule has 116 valence electrons. The van der Waals surface area contributed by atoms with E-state index in [1.165, 1.54) is 6.92 Å². The fourth-order valence-corrected chi connectivity index (χ4v) is 1.90. The fraction of sp³-hybridized carbons (Fsp3) is 0.846. The van der Waals surface area contributed by atoms with Crippen molar-refractivity contribution >= 4 is 12.1 Å². The van der Waals surface area contributed by atoms with Crippen LogP contribution in [-0.2, 0) is 14.3 Å². The lowest BCUT2D eigenvalue weighted by Crippen LogP contribution is -2.60. The van der Waals surface area contributed by atoms with Crippen molar-refractivity contribution in [2.75, 3.05) is 32.8 Å². The highest BCUT2D eigenvalue weighted by Gasteiger charge is 2.38. The van der Waals surface area contributed by atoms with Gasteiger partial charge in [-0.15, -0.1) is 0 Å². The number of carboxylic acids is 1. The molecular weight excluding hydrogens is 264 g/mol. The third kappa shape index (κ3) is 5.34. The van der Waals surface area contributed by atoms with E-state index in [1.54, 1.807) is 20.8 Å². The number of nitrogens with one attached hydrogen (secondary N) is 1. The number of carbonyl (C=O) groups excluding carboxylic acids is 1. The molecule has 1 heterocycles. The first-order valence-corrected chi connectivity index (χ1v) is 6.67. The number of alkyl carbamates (subject to hydrolysis) is 1. The van der Waals surface area contributed by atoms with E-state index in [9.17, 15) is 14.7 Å². The smallest absolute Gasteiger partial charge is 0.408 e. The van der Waals surface area contributed by atoms with Crippen LogP contribution in [0.2, 0.25) is 0 Å². The summed E-state index contributed by atoms with van der Waals surface area (Å²) >= 11 is 0. The highest BCUT2D eigenvalue weighted by Crippen LogP contribution is 2.12. The van der Waals surface area contributed by atoms with Gasteiger partial charge in [-0.2, -0.15) is 0 Å². The molecule has 0 radical (unpaired) electrons. The Hall–Kier alpha value is -1.34. The van der Waals surface area contributed by atoms with Crippen LogP contribution in [0.25, 0.3) is 0 Å². The van der Waals surface area contributed by atoms with E-state index >= 15 is 0 Å². The summed E-state index contributed by atoms with van der Waals surface area (Å²) in [6.45, 7) is 9.33. The number of nitrogens with zero attached hydrogens (tertiary/aromatic N) is 1. The summed E-state index contributed by atoms with van der Waals surface area (Å²) in [6, 6.07) is 0. The maximum atomic E-state index is 11.8. The van der Waals surface area contributed by atoms with Gasteiger partial charge in [-0.25, -0.2) is 9.59 Å². The van der Waals surface area contributed by atoms with E-state index < -0.39 is 23.2 Å². The van der Waals surface area contributed by atoms with Crippen molar-refractivity contribution in [1.29, 1.82) is 0 Å². The number of morpholine rings is 1. The van der Waals surface area contributed by atoms with Crippen molar-refractivity contribution in [2.24, 2.45) is 0 Å². The Morgan fingerprint density at radius 1 is 1.25 bits per heavy atom. The highest BCUT2D eigenvalue weighted by atomic mass is 16.6. The SMILES string of the molecule is CC(C)(C)OC(=O)N[C@](C)(CN1CCOCC1)C(=O)O. The van der Waals surface area contributed by atoms with Crippen LogP contribution in [0.4, 0.5) is 4.79 Å². The van der Waals surface area contributed by atoms with Gasteiger partial charge >= 0.3 is 12.1 Å². The van der Waals surface area contributed by atoms with E-state index in [0.717, 1.165) is 0 Å². The number of hydrogen-bond acceptors (Lipinski definition) is 5. The van der Waals surface area contributed by atoms with Crippen molar-refractivity contribution in [3.63, 3.8) is 0 Å². The maximum absolute atomic E-state index is 11.8. The van der Waals surface area contributed by atoms with Gasteiger partial charge in [0.1, 0.15) is 5.60 Å². The maximum Gasteiger partial charge on any atom is 0.408 e. The summed E-state index contributed by atoms with van der Waals surface area (Å²) in [6.07, 6.45) is -0.726. The lowest BCUT2D eigenvalue weighted by Gasteiger charge is -2.35. The van der Waals surface area contributed by atoms with Crippen LogP contribution in [-0.4, -0.2) is 66.1 Å². The Balaban J connectivity index is 2.65. The summed E-state index contributed by atoms with van der Waals surface area (Å²) in [4.78, 5) is 25.2. The number of rotatable bonds is 4. The van der Waals surface area contributed by atoms with Crippen molar-refractivity contribution < 1.29 is 24.2 Å². The van der Waals surface area contributed by atoms with Gasteiger partial charge in [0.2, 0.25) is 0 Å². The Morgan fingerprint density at radius 3 is 2.25 bits per heavy atom. The minimum Gasteiger partial charge on any atom is -0.479 e. The van der Waals surface area contributed by atoms with E-state index in [1.807, 2.05) is 4.90 Å². The van der Waals surface area contributed by atoms with Crippen LogP contribution >= 0.6 is 0 Å². The van der Waals surface area contributed by atoms with Crippen LogP contribution in [0, 0.1) is 0 Å². The summed E-state index contributed by atoms with van der Waals surface area (Å²) in [5.41, 5.74) is -2.05. The zero-order chi connectivity index (χ0) is 15.4. The van der Waals surface area contributed by atoms with E-state index in [-0.39, 0.29) is 6.54 Å². The first-order valence-electron chi connectivity index (χ1n) is 6.67. The van der Waals surface area contributed by atoms with Gasteiger partial charge in [0.05, 0.1) is 13.2 Å². The molecule has 7 heteroatoms. The first-order chi connectivity index (χ1) is 9.12. The number of hydrogen-bond donors (Lipinski definition) is 2. The number of amides is 1. The Morgan fingerprint density at radius 2 is 1.80 bits per heavy atom. The molecule has 0 spiro atoms. The predicted molar refractivity (Wildman–Crippen MR) is 72.7 cm³/mol. The average Bonchev–Trinajstić information content (AvgIpc) is 2.26. The molecule has 1 rings (SSSR count). The Kier molecular flexibility index (Phi) is 5.35.